The standard InChI is InChI=1S/C24H23N3O3/c1-3-29-22-6-4-5-19-21-15-20(16-7-9-18(28-2)10-8-16)26-27(21)24(30-23(19)22)17-11-13-25-14-12-17/h4-14,21,24H,3,15H2,1-2H3/t21-,24+/m1/s1. The molecule has 0 radical (unpaired) electrons. The summed E-state index contributed by atoms with van der Waals surface area (Å²) in [6.45, 7) is 2.57. The number of para-hydroxylation sites is 1. The molecule has 0 saturated carbocycles. The third-order valence-electron chi connectivity index (χ3n) is 5.49. The third-order valence-corrected chi connectivity index (χ3v) is 5.49. The molecule has 0 amide bonds. The SMILES string of the molecule is CCOc1cccc2c1O[C@@H](c1ccncc1)N1N=C(c3ccc(OC)cc3)C[C@H]21. The summed E-state index contributed by atoms with van der Waals surface area (Å²) in [5.41, 5.74) is 4.21. The molecule has 0 unspecified atom stereocenters. The molecule has 3 heterocycles. The van der Waals surface area contributed by atoms with Crippen LogP contribution < -0.4 is 14.2 Å². The fourth-order valence-corrected chi connectivity index (χ4v) is 4.06. The Kier molecular flexibility index (Phi) is 4.75. The lowest BCUT2D eigenvalue weighted by Gasteiger charge is -2.38. The fraction of sp³-hybridized carbons (Fsp3) is 0.250. The van der Waals surface area contributed by atoms with E-state index in [1.807, 2.05) is 43.3 Å². The van der Waals surface area contributed by atoms with Crippen LogP contribution in [0.2, 0.25) is 0 Å². The molecular weight excluding hydrogens is 378 g/mol. The van der Waals surface area contributed by atoms with E-state index in [1.54, 1.807) is 19.5 Å². The zero-order valence-electron chi connectivity index (χ0n) is 17.0. The summed E-state index contributed by atoms with van der Waals surface area (Å²) in [5.74, 6) is 2.40. The summed E-state index contributed by atoms with van der Waals surface area (Å²) < 4.78 is 17.6. The Hall–Kier alpha value is -3.54. The number of methoxy groups -OCH3 is 1. The first-order chi connectivity index (χ1) is 14.8. The number of hydrazone groups is 1. The molecule has 0 fully saturated rings. The van der Waals surface area contributed by atoms with Crippen molar-refractivity contribution in [2.24, 2.45) is 5.10 Å². The second-order valence-electron chi connectivity index (χ2n) is 7.23. The van der Waals surface area contributed by atoms with Gasteiger partial charge in [-0.25, -0.2) is 5.01 Å². The molecule has 6 nitrogen and oxygen atoms in total. The number of nitrogens with zero attached hydrogens (tertiary/aromatic N) is 3. The van der Waals surface area contributed by atoms with Gasteiger partial charge in [0.25, 0.3) is 0 Å². The Bertz CT molecular complexity index is 1070. The quantitative estimate of drug-likeness (QED) is 0.619. The van der Waals surface area contributed by atoms with E-state index >= 15 is 0 Å². The van der Waals surface area contributed by atoms with Crippen LogP contribution in [-0.4, -0.2) is 29.4 Å². The van der Waals surface area contributed by atoms with Crippen LogP contribution in [0.25, 0.3) is 0 Å². The number of hydrogen-bond acceptors (Lipinski definition) is 6. The van der Waals surface area contributed by atoms with Gasteiger partial charge in [-0.2, -0.15) is 5.10 Å². The lowest BCUT2D eigenvalue weighted by molar-refractivity contribution is -0.0212. The van der Waals surface area contributed by atoms with Crippen LogP contribution in [0, 0.1) is 0 Å². The van der Waals surface area contributed by atoms with Gasteiger partial charge < -0.3 is 14.2 Å². The van der Waals surface area contributed by atoms with E-state index in [4.69, 9.17) is 19.3 Å². The first kappa shape index (κ1) is 18.5. The van der Waals surface area contributed by atoms with E-state index < -0.39 is 0 Å². The van der Waals surface area contributed by atoms with Crippen LogP contribution in [0.3, 0.4) is 0 Å². The normalized spacial score (nSPS) is 19.4. The number of aromatic nitrogens is 1. The first-order valence-corrected chi connectivity index (χ1v) is 10.1. The molecule has 0 aliphatic carbocycles. The van der Waals surface area contributed by atoms with Crippen molar-refractivity contribution in [3.8, 4) is 17.2 Å². The molecule has 0 saturated heterocycles. The maximum Gasteiger partial charge on any atom is 0.214 e. The molecule has 2 aliphatic heterocycles. The van der Waals surface area contributed by atoms with Crippen molar-refractivity contribution in [3.63, 3.8) is 0 Å². The molecule has 152 valence electrons. The van der Waals surface area contributed by atoms with Crippen LogP contribution in [-0.2, 0) is 0 Å². The molecule has 6 heteroatoms. The number of pyridine rings is 1. The zero-order valence-corrected chi connectivity index (χ0v) is 17.0. The predicted octanol–water partition coefficient (Wildman–Crippen LogP) is 4.73. The van der Waals surface area contributed by atoms with Gasteiger partial charge in [0.2, 0.25) is 6.23 Å². The molecule has 3 aromatic rings. The Morgan fingerprint density at radius 1 is 1.07 bits per heavy atom. The molecule has 5 rings (SSSR count). The zero-order chi connectivity index (χ0) is 20.5. The van der Waals surface area contributed by atoms with E-state index in [0.29, 0.717) is 6.61 Å². The molecule has 0 N–H and O–H groups in total. The van der Waals surface area contributed by atoms with Gasteiger partial charge in [-0.3, -0.25) is 4.98 Å². The van der Waals surface area contributed by atoms with Gasteiger partial charge in [0.1, 0.15) is 5.75 Å². The Morgan fingerprint density at radius 2 is 1.87 bits per heavy atom. The molecule has 1 aromatic heterocycles. The summed E-state index contributed by atoms with van der Waals surface area (Å²) in [4.78, 5) is 4.15. The Labute approximate surface area is 175 Å². The Morgan fingerprint density at radius 3 is 2.60 bits per heavy atom. The fourth-order valence-electron chi connectivity index (χ4n) is 4.06. The smallest absolute Gasteiger partial charge is 0.214 e. The summed E-state index contributed by atoms with van der Waals surface area (Å²) in [5, 5.41) is 7.05. The van der Waals surface area contributed by atoms with E-state index in [2.05, 4.69) is 28.2 Å². The molecule has 2 atom stereocenters. The summed E-state index contributed by atoms with van der Waals surface area (Å²) in [6, 6.07) is 18.1. The van der Waals surface area contributed by atoms with Gasteiger partial charge in [0.15, 0.2) is 11.5 Å². The minimum absolute atomic E-state index is 0.0735. The van der Waals surface area contributed by atoms with Gasteiger partial charge in [-0.1, -0.05) is 12.1 Å². The second-order valence-corrected chi connectivity index (χ2v) is 7.23. The van der Waals surface area contributed by atoms with Crippen molar-refractivity contribution in [2.45, 2.75) is 25.6 Å². The average molecular weight is 401 g/mol. The van der Waals surface area contributed by atoms with Crippen molar-refractivity contribution < 1.29 is 14.2 Å². The number of ether oxygens (including phenoxy) is 3. The third kappa shape index (κ3) is 3.14. The highest BCUT2D eigenvalue weighted by Crippen LogP contribution is 2.50. The van der Waals surface area contributed by atoms with Crippen molar-refractivity contribution in [1.82, 2.24) is 9.99 Å². The minimum Gasteiger partial charge on any atom is -0.497 e. The average Bonchev–Trinajstić information content (AvgIpc) is 3.25. The number of hydrogen-bond donors (Lipinski definition) is 0. The van der Waals surface area contributed by atoms with E-state index in [0.717, 1.165) is 46.1 Å². The largest absolute Gasteiger partial charge is 0.497 e. The van der Waals surface area contributed by atoms with Crippen molar-refractivity contribution >= 4 is 5.71 Å². The number of rotatable bonds is 5. The Balaban J connectivity index is 1.58. The molecule has 0 spiro atoms. The van der Waals surface area contributed by atoms with Crippen molar-refractivity contribution in [1.29, 1.82) is 0 Å². The van der Waals surface area contributed by atoms with E-state index in [-0.39, 0.29) is 12.3 Å². The minimum atomic E-state index is -0.345. The van der Waals surface area contributed by atoms with Gasteiger partial charge in [0, 0.05) is 29.9 Å². The van der Waals surface area contributed by atoms with Crippen LogP contribution in [0.5, 0.6) is 17.2 Å². The lowest BCUT2D eigenvalue weighted by Crippen LogP contribution is -2.33. The molecule has 2 aliphatic rings. The van der Waals surface area contributed by atoms with E-state index in [9.17, 15) is 0 Å². The van der Waals surface area contributed by atoms with Crippen LogP contribution in [0.4, 0.5) is 0 Å². The first-order valence-electron chi connectivity index (χ1n) is 10.1. The maximum absolute atomic E-state index is 6.48. The number of fused-ring (bicyclic) bond motifs is 3. The molecule has 0 bridgehead atoms. The maximum atomic E-state index is 6.48. The lowest BCUT2D eigenvalue weighted by atomic mass is 9.95. The van der Waals surface area contributed by atoms with Crippen LogP contribution in [0.1, 0.15) is 42.3 Å². The molecular formula is C24H23N3O3. The van der Waals surface area contributed by atoms with Gasteiger partial charge in [-0.05, 0) is 55.0 Å². The van der Waals surface area contributed by atoms with Gasteiger partial charge in [0.05, 0.1) is 25.5 Å². The predicted molar refractivity (Wildman–Crippen MR) is 114 cm³/mol. The summed E-state index contributed by atoms with van der Waals surface area (Å²) >= 11 is 0. The highest BCUT2D eigenvalue weighted by molar-refractivity contribution is 6.02. The molecule has 30 heavy (non-hydrogen) atoms. The van der Waals surface area contributed by atoms with Crippen molar-refractivity contribution in [3.05, 3.63) is 83.7 Å². The number of benzene rings is 2. The van der Waals surface area contributed by atoms with Crippen LogP contribution >= 0.6 is 0 Å². The van der Waals surface area contributed by atoms with Crippen molar-refractivity contribution in [2.75, 3.05) is 13.7 Å². The van der Waals surface area contributed by atoms with Gasteiger partial charge >= 0.3 is 0 Å². The second kappa shape index (κ2) is 7.71. The molecule has 2 aromatic carbocycles. The van der Waals surface area contributed by atoms with Crippen LogP contribution in [0.15, 0.2) is 72.1 Å². The summed E-state index contributed by atoms with van der Waals surface area (Å²) in [6.07, 6.45) is 4.01. The highest BCUT2D eigenvalue weighted by atomic mass is 16.5. The summed E-state index contributed by atoms with van der Waals surface area (Å²) in [7, 11) is 1.67. The highest BCUT2D eigenvalue weighted by Gasteiger charge is 2.42. The monoisotopic (exact) mass is 401 g/mol. The topological polar surface area (TPSA) is 56.2 Å². The van der Waals surface area contributed by atoms with E-state index in [1.165, 1.54) is 0 Å². The van der Waals surface area contributed by atoms with Gasteiger partial charge in [-0.15, -0.1) is 0 Å².